The number of hydrogen-bond acceptors (Lipinski definition) is 7. The Bertz CT molecular complexity index is 1040. The number of aromatic nitrogens is 1. The second kappa shape index (κ2) is 9.71. The molecule has 0 atom stereocenters. The largest absolute Gasteiger partial charge is 0.493 e. The summed E-state index contributed by atoms with van der Waals surface area (Å²) in [5.74, 6) is 1.80. The first-order valence-electron chi connectivity index (χ1n) is 9.71. The van der Waals surface area contributed by atoms with Crippen molar-refractivity contribution in [3.63, 3.8) is 0 Å². The Morgan fingerprint density at radius 2 is 1.67 bits per heavy atom. The number of ketones is 1. The average Bonchev–Trinajstić information content (AvgIpc) is 2.78. The van der Waals surface area contributed by atoms with Gasteiger partial charge in [0.1, 0.15) is 5.75 Å². The lowest BCUT2D eigenvalue weighted by atomic mass is 9.98. The second-order valence-electron chi connectivity index (χ2n) is 6.51. The van der Waals surface area contributed by atoms with Crippen molar-refractivity contribution in [1.29, 1.82) is 0 Å². The van der Waals surface area contributed by atoms with E-state index < -0.39 is 0 Å². The Kier molecular flexibility index (Phi) is 7.05. The van der Waals surface area contributed by atoms with Crippen molar-refractivity contribution in [2.45, 2.75) is 25.2 Å². The molecule has 0 unspecified atom stereocenters. The zero-order valence-corrected chi connectivity index (χ0v) is 18.4. The predicted molar refractivity (Wildman–Crippen MR) is 119 cm³/mol. The van der Waals surface area contributed by atoms with Crippen LogP contribution in [0.3, 0.4) is 0 Å². The normalized spacial score (nSPS) is 10.7. The molecule has 7 heteroatoms. The van der Waals surface area contributed by atoms with E-state index in [9.17, 15) is 4.79 Å². The molecule has 0 aliphatic rings. The number of rotatable bonds is 9. The van der Waals surface area contributed by atoms with Crippen molar-refractivity contribution in [2.75, 3.05) is 27.4 Å². The third kappa shape index (κ3) is 4.16. The van der Waals surface area contributed by atoms with E-state index in [-0.39, 0.29) is 5.78 Å². The van der Waals surface area contributed by atoms with Gasteiger partial charge in [-0.15, -0.1) is 12.6 Å². The van der Waals surface area contributed by atoms with Gasteiger partial charge >= 0.3 is 0 Å². The van der Waals surface area contributed by atoms with Crippen LogP contribution < -0.4 is 18.9 Å². The highest BCUT2D eigenvalue weighted by Gasteiger charge is 2.21. The summed E-state index contributed by atoms with van der Waals surface area (Å²) in [6, 6.07) is 6.98. The first kappa shape index (κ1) is 21.8. The third-order valence-corrected chi connectivity index (χ3v) is 5.06. The molecule has 158 valence electrons. The summed E-state index contributed by atoms with van der Waals surface area (Å²) < 4.78 is 22.3. The Morgan fingerprint density at radius 1 is 0.967 bits per heavy atom. The Hall–Kier alpha value is -2.93. The number of thiol groups is 1. The summed E-state index contributed by atoms with van der Waals surface area (Å²) in [4.78, 5) is 18.3. The van der Waals surface area contributed by atoms with Crippen molar-refractivity contribution < 1.29 is 23.7 Å². The van der Waals surface area contributed by atoms with Gasteiger partial charge in [-0.25, -0.2) is 0 Å². The molecule has 0 radical (unpaired) electrons. The molecule has 3 aromatic rings. The number of pyridine rings is 1. The molecule has 1 aromatic heterocycles. The fourth-order valence-corrected chi connectivity index (χ4v) is 3.49. The summed E-state index contributed by atoms with van der Waals surface area (Å²) in [6.45, 7) is 4.96. The van der Waals surface area contributed by atoms with Crippen LogP contribution in [0.25, 0.3) is 10.8 Å². The Labute approximate surface area is 181 Å². The fraction of sp³-hybridized carbons (Fsp3) is 0.304. The number of hydrogen-bond donors (Lipinski definition) is 1. The maximum atomic E-state index is 13.4. The van der Waals surface area contributed by atoms with Crippen LogP contribution in [0.2, 0.25) is 0 Å². The van der Waals surface area contributed by atoms with Crippen LogP contribution in [0.4, 0.5) is 0 Å². The minimum Gasteiger partial charge on any atom is -0.493 e. The number of benzene rings is 2. The lowest BCUT2D eigenvalue weighted by Crippen LogP contribution is -2.07. The molecule has 0 aliphatic heterocycles. The Morgan fingerprint density at radius 3 is 2.27 bits per heavy atom. The van der Waals surface area contributed by atoms with E-state index in [2.05, 4.69) is 17.6 Å². The van der Waals surface area contributed by atoms with E-state index in [0.29, 0.717) is 52.2 Å². The zero-order valence-electron chi connectivity index (χ0n) is 17.5. The van der Waals surface area contributed by atoms with Crippen molar-refractivity contribution in [3.05, 3.63) is 47.8 Å². The number of nitrogens with zero attached hydrogens (tertiary/aromatic N) is 1. The van der Waals surface area contributed by atoms with Gasteiger partial charge in [-0.2, -0.15) is 0 Å². The van der Waals surface area contributed by atoms with Crippen LogP contribution in [0.15, 0.2) is 41.6 Å². The molecule has 0 saturated carbocycles. The molecule has 1 heterocycles. The zero-order chi connectivity index (χ0) is 21.7. The quantitative estimate of drug-likeness (QED) is 0.385. The van der Waals surface area contributed by atoms with Crippen LogP contribution >= 0.6 is 12.6 Å². The molecule has 6 nitrogen and oxygen atoms in total. The van der Waals surface area contributed by atoms with Crippen molar-refractivity contribution in [1.82, 2.24) is 4.98 Å². The highest BCUT2D eigenvalue weighted by atomic mass is 32.1. The first-order valence-corrected chi connectivity index (χ1v) is 10.2. The molecule has 0 spiro atoms. The van der Waals surface area contributed by atoms with Crippen LogP contribution in [0.1, 0.15) is 36.2 Å². The number of carbonyl (C=O) groups is 1. The molecule has 0 saturated heterocycles. The number of ether oxygens (including phenoxy) is 4. The average molecular weight is 428 g/mol. The van der Waals surface area contributed by atoms with E-state index >= 15 is 0 Å². The summed E-state index contributed by atoms with van der Waals surface area (Å²) >= 11 is 4.58. The van der Waals surface area contributed by atoms with Crippen LogP contribution in [0.5, 0.6) is 23.0 Å². The summed E-state index contributed by atoms with van der Waals surface area (Å²) in [6.07, 6.45) is 4.07. The smallest absolute Gasteiger partial charge is 0.203 e. The molecule has 0 fully saturated rings. The summed E-state index contributed by atoms with van der Waals surface area (Å²) in [5.41, 5.74) is 0.869. The van der Waals surface area contributed by atoms with Crippen LogP contribution in [-0.2, 0) is 0 Å². The topological polar surface area (TPSA) is 66.9 Å². The molecule has 2 aromatic carbocycles. The molecule has 0 bridgehead atoms. The highest BCUT2D eigenvalue weighted by molar-refractivity contribution is 7.80. The van der Waals surface area contributed by atoms with Gasteiger partial charge in [-0.05, 0) is 43.0 Å². The SMILES string of the molecule is CCCOc1c(OC)cc(C(=O)c2cncc3c(S)c(OCC)ccc23)cc1OC. The van der Waals surface area contributed by atoms with Crippen LogP contribution in [-0.4, -0.2) is 38.2 Å². The van der Waals surface area contributed by atoms with E-state index in [0.717, 1.165) is 17.2 Å². The maximum Gasteiger partial charge on any atom is 0.203 e. The van der Waals surface area contributed by atoms with Gasteiger partial charge in [0.25, 0.3) is 0 Å². The van der Waals surface area contributed by atoms with Gasteiger partial charge in [-0.1, -0.05) is 6.92 Å². The summed E-state index contributed by atoms with van der Waals surface area (Å²) in [5, 5.41) is 1.49. The Balaban J connectivity index is 2.10. The number of fused-ring (bicyclic) bond motifs is 1. The van der Waals surface area contributed by atoms with Crippen molar-refractivity contribution in [3.8, 4) is 23.0 Å². The van der Waals surface area contributed by atoms with Gasteiger partial charge in [0, 0.05) is 28.9 Å². The highest BCUT2D eigenvalue weighted by Crippen LogP contribution is 2.40. The number of methoxy groups -OCH3 is 2. The van der Waals surface area contributed by atoms with Crippen molar-refractivity contribution >= 4 is 29.2 Å². The number of carbonyl (C=O) groups excluding carboxylic acids is 1. The minimum atomic E-state index is -0.205. The third-order valence-electron chi connectivity index (χ3n) is 4.60. The molecular formula is C23H25NO5S. The van der Waals surface area contributed by atoms with E-state index in [1.54, 1.807) is 24.5 Å². The minimum absolute atomic E-state index is 0.205. The summed E-state index contributed by atoms with van der Waals surface area (Å²) in [7, 11) is 3.06. The molecule has 3 rings (SSSR count). The van der Waals surface area contributed by atoms with Gasteiger partial charge in [0.2, 0.25) is 5.75 Å². The second-order valence-corrected chi connectivity index (χ2v) is 6.96. The van der Waals surface area contributed by atoms with E-state index in [1.165, 1.54) is 14.2 Å². The first-order chi connectivity index (χ1) is 14.5. The predicted octanol–water partition coefficient (Wildman–Crippen LogP) is 4.96. The van der Waals surface area contributed by atoms with E-state index in [1.807, 2.05) is 26.0 Å². The lowest BCUT2D eigenvalue weighted by Gasteiger charge is -2.16. The molecule has 0 aliphatic carbocycles. The molecule has 30 heavy (non-hydrogen) atoms. The van der Waals surface area contributed by atoms with Gasteiger partial charge < -0.3 is 18.9 Å². The van der Waals surface area contributed by atoms with Gasteiger partial charge in [0.05, 0.1) is 32.3 Å². The van der Waals surface area contributed by atoms with Crippen molar-refractivity contribution in [2.24, 2.45) is 0 Å². The van der Waals surface area contributed by atoms with E-state index in [4.69, 9.17) is 18.9 Å². The molecule has 0 N–H and O–H groups in total. The van der Waals surface area contributed by atoms with Gasteiger partial charge in [-0.3, -0.25) is 9.78 Å². The van der Waals surface area contributed by atoms with Gasteiger partial charge in [0.15, 0.2) is 17.3 Å². The molecule has 0 amide bonds. The van der Waals surface area contributed by atoms with Crippen LogP contribution in [0, 0.1) is 0 Å². The fourth-order valence-electron chi connectivity index (χ4n) is 3.18. The molecular weight excluding hydrogens is 402 g/mol. The standard InChI is InChI=1S/C23H25NO5S/c1-5-9-29-22-19(26-3)10-14(11-20(22)27-4)21(25)16-12-24-13-17-15(16)7-8-18(23(17)30)28-6-2/h7-8,10-13,30H,5-6,9H2,1-4H3. The monoisotopic (exact) mass is 427 g/mol. The lowest BCUT2D eigenvalue weighted by molar-refractivity contribution is 0.103. The maximum absolute atomic E-state index is 13.4.